The van der Waals surface area contributed by atoms with Crippen molar-refractivity contribution in [1.29, 1.82) is 0 Å². The molecule has 0 aliphatic carbocycles. The lowest BCUT2D eigenvalue weighted by molar-refractivity contribution is 0.198. The van der Waals surface area contributed by atoms with Crippen molar-refractivity contribution < 1.29 is 9.47 Å². The van der Waals surface area contributed by atoms with Gasteiger partial charge in [0.05, 0.1) is 18.2 Å². The Balaban J connectivity index is 2.14. The summed E-state index contributed by atoms with van der Waals surface area (Å²) in [5.74, 6) is 0.674. The minimum absolute atomic E-state index is 0.546. The maximum absolute atomic E-state index is 5.97. The molecule has 0 saturated carbocycles. The fourth-order valence-electron chi connectivity index (χ4n) is 1.27. The van der Waals surface area contributed by atoms with Crippen LogP contribution < -0.4 is 10.1 Å². The first-order chi connectivity index (χ1) is 8.24. The molecule has 0 heterocycles. The van der Waals surface area contributed by atoms with Crippen LogP contribution in [0.4, 0.5) is 0 Å². The molecule has 17 heavy (non-hydrogen) atoms. The molecule has 96 valence electrons. The maximum Gasteiger partial charge on any atom is 0.137 e. The fraction of sp³-hybridized carbons (Fsp3) is 0.500. The molecule has 0 aliphatic heterocycles. The second kappa shape index (κ2) is 8.59. The summed E-state index contributed by atoms with van der Waals surface area (Å²) in [6, 6.07) is 5.22. The molecule has 3 nitrogen and oxygen atoms in total. The highest BCUT2D eigenvalue weighted by molar-refractivity contribution is 6.35. The third-order valence-corrected chi connectivity index (χ3v) is 2.66. The molecule has 0 atom stereocenters. The average Bonchev–Trinajstić information content (AvgIpc) is 2.30. The summed E-state index contributed by atoms with van der Waals surface area (Å²) in [6.45, 7) is 3.11. The molecule has 5 heteroatoms. The van der Waals surface area contributed by atoms with E-state index in [-0.39, 0.29) is 0 Å². The normalized spacial score (nSPS) is 10.5. The van der Waals surface area contributed by atoms with Gasteiger partial charge in [0, 0.05) is 18.7 Å². The van der Waals surface area contributed by atoms with Crippen LogP contribution >= 0.6 is 23.2 Å². The van der Waals surface area contributed by atoms with Crippen LogP contribution in [0.1, 0.15) is 6.42 Å². The maximum atomic E-state index is 5.97. The Hall–Kier alpha value is -0.480. The number of rotatable bonds is 8. The minimum Gasteiger partial charge on any atom is -0.492 e. The van der Waals surface area contributed by atoms with Gasteiger partial charge in [-0.2, -0.15) is 0 Å². The van der Waals surface area contributed by atoms with Crippen LogP contribution in [0.5, 0.6) is 5.75 Å². The summed E-state index contributed by atoms with van der Waals surface area (Å²) in [7, 11) is 1.69. The molecular formula is C12H17Cl2NO2. The van der Waals surface area contributed by atoms with Gasteiger partial charge in [0.1, 0.15) is 5.75 Å². The summed E-state index contributed by atoms with van der Waals surface area (Å²) in [4.78, 5) is 0. The summed E-state index contributed by atoms with van der Waals surface area (Å²) in [5, 5.41) is 4.40. The van der Waals surface area contributed by atoms with Gasteiger partial charge in [0.2, 0.25) is 0 Å². The van der Waals surface area contributed by atoms with Crippen LogP contribution in [0.25, 0.3) is 0 Å². The molecule has 0 saturated heterocycles. The molecule has 1 rings (SSSR count). The lowest BCUT2D eigenvalue weighted by Crippen LogP contribution is -2.21. The predicted octanol–water partition coefficient (Wildman–Crippen LogP) is 3.00. The molecule has 1 aromatic carbocycles. The molecule has 0 radical (unpaired) electrons. The van der Waals surface area contributed by atoms with Gasteiger partial charge in [0.25, 0.3) is 0 Å². The Morgan fingerprint density at radius 3 is 2.71 bits per heavy atom. The van der Waals surface area contributed by atoms with Gasteiger partial charge >= 0.3 is 0 Å². The topological polar surface area (TPSA) is 30.5 Å². The predicted molar refractivity (Wildman–Crippen MR) is 71.3 cm³/mol. The lowest BCUT2D eigenvalue weighted by atomic mass is 10.3. The highest BCUT2D eigenvalue weighted by atomic mass is 35.5. The molecule has 0 bridgehead atoms. The zero-order valence-corrected chi connectivity index (χ0v) is 11.4. The number of halogens is 2. The quantitative estimate of drug-likeness (QED) is 0.741. The zero-order chi connectivity index (χ0) is 12.5. The third kappa shape index (κ3) is 6.13. The molecule has 1 aromatic rings. The van der Waals surface area contributed by atoms with Crippen LogP contribution in [-0.4, -0.2) is 33.4 Å². The van der Waals surface area contributed by atoms with Crippen molar-refractivity contribution in [3.05, 3.63) is 28.2 Å². The van der Waals surface area contributed by atoms with Crippen LogP contribution in [0, 0.1) is 0 Å². The van der Waals surface area contributed by atoms with Crippen molar-refractivity contribution in [2.75, 3.05) is 33.4 Å². The standard InChI is InChI=1S/C12H17Cl2NO2/c1-16-8-6-15-5-2-7-17-12-4-3-10(13)9-11(12)14/h3-4,9,15H,2,5-8H2,1H3. The van der Waals surface area contributed by atoms with Crippen LogP contribution in [0.3, 0.4) is 0 Å². The average molecular weight is 278 g/mol. The van der Waals surface area contributed by atoms with Crippen LogP contribution in [0.2, 0.25) is 10.0 Å². The minimum atomic E-state index is 0.546. The van der Waals surface area contributed by atoms with Gasteiger partial charge in [-0.1, -0.05) is 23.2 Å². The molecule has 0 amide bonds. The number of hydrogen-bond acceptors (Lipinski definition) is 3. The highest BCUT2D eigenvalue weighted by Crippen LogP contribution is 2.27. The zero-order valence-electron chi connectivity index (χ0n) is 9.84. The van der Waals surface area contributed by atoms with E-state index in [9.17, 15) is 0 Å². The van der Waals surface area contributed by atoms with E-state index in [1.54, 1.807) is 25.3 Å². The fourth-order valence-corrected chi connectivity index (χ4v) is 1.73. The van der Waals surface area contributed by atoms with E-state index in [4.69, 9.17) is 32.7 Å². The summed E-state index contributed by atoms with van der Waals surface area (Å²) in [6.07, 6.45) is 0.919. The van der Waals surface area contributed by atoms with Gasteiger partial charge < -0.3 is 14.8 Å². The lowest BCUT2D eigenvalue weighted by Gasteiger charge is -2.08. The number of methoxy groups -OCH3 is 1. The SMILES string of the molecule is COCCNCCCOc1ccc(Cl)cc1Cl. The van der Waals surface area contributed by atoms with Gasteiger partial charge in [-0.25, -0.2) is 0 Å². The smallest absolute Gasteiger partial charge is 0.137 e. The Bertz CT molecular complexity index is 334. The van der Waals surface area contributed by atoms with Gasteiger partial charge in [-0.05, 0) is 31.2 Å². The number of benzene rings is 1. The first kappa shape index (κ1) is 14.6. The molecular weight excluding hydrogens is 261 g/mol. The van der Waals surface area contributed by atoms with Crippen LogP contribution in [-0.2, 0) is 4.74 Å². The van der Waals surface area contributed by atoms with Crippen molar-refractivity contribution >= 4 is 23.2 Å². The largest absolute Gasteiger partial charge is 0.492 e. The Morgan fingerprint density at radius 1 is 1.18 bits per heavy atom. The van der Waals surface area contributed by atoms with Gasteiger partial charge in [0.15, 0.2) is 0 Å². The first-order valence-corrected chi connectivity index (χ1v) is 6.27. The van der Waals surface area contributed by atoms with Crippen molar-refractivity contribution in [2.45, 2.75) is 6.42 Å². The molecule has 0 spiro atoms. The monoisotopic (exact) mass is 277 g/mol. The molecule has 0 fully saturated rings. The Morgan fingerprint density at radius 2 is 2.00 bits per heavy atom. The Kier molecular flexibility index (Phi) is 7.37. The van der Waals surface area contributed by atoms with Gasteiger partial charge in [-0.3, -0.25) is 0 Å². The molecule has 0 aliphatic rings. The van der Waals surface area contributed by atoms with Crippen molar-refractivity contribution in [2.24, 2.45) is 0 Å². The van der Waals surface area contributed by atoms with Crippen molar-refractivity contribution in [3.63, 3.8) is 0 Å². The van der Waals surface area contributed by atoms with E-state index in [0.717, 1.165) is 26.1 Å². The van der Waals surface area contributed by atoms with Crippen molar-refractivity contribution in [1.82, 2.24) is 5.32 Å². The van der Waals surface area contributed by atoms with Crippen molar-refractivity contribution in [3.8, 4) is 5.75 Å². The highest BCUT2D eigenvalue weighted by Gasteiger charge is 2.01. The Labute approximate surface area is 112 Å². The van der Waals surface area contributed by atoms with E-state index in [0.29, 0.717) is 22.4 Å². The summed E-state index contributed by atoms with van der Waals surface area (Å²) in [5.41, 5.74) is 0. The van der Waals surface area contributed by atoms with E-state index in [1.165, 1.54) is 0 Å². The molecule has 0 unspecified atom stereocenters. The molecule has 1 N–H and O–H groups in total. The van der Waals surface area contributed by atoms with E-state index >= 15 is 0 Å². The van der Waals surface area contributed by atoms with E-state index in [2.05, 4.69) is 5.32 Å². The van der Waals surface area contributed by atoms with E-state index in [1.807, 2.05) is 0 Å². The molecule has 0 aromatic heterocycles. The van der Waals surface area contributed by atoms with Gasteiger partial charge in [-0.15, -0.1) is 0 Å². The summed E-state index contributed by atoms with van der Waals surface area (Å²) >= 11 is 11.8. The second-order valence-electron chi connectivity index (χ2n) is 3.52. The first-order valence-electron chi connectivity index (χ1n) is 5.51. The number of ether oxygens (including phenoxy) is 2. The van der Waals surface area contributed by atoms with E-state index < -0.39 is 0 Å². The number of nitrogens with one attached hydrogen (secondary N) is 1. The third-order valence-electron chi connectivity index (χ3n) is 2.13. The number of hydrogen-bond donors (Lipinski definition) is 1. The van der Waals surface area contributed by atoms with Crippen LogP contribution in [0.15, 0.2) is 18.2 Å². The second-order valence-corrected chi connectivity index (χ2v) is 4.36. The summed E-state index contributed by atoms with van der Waals surface area (Å²) < 4.78 is 10.5.